The Hall–Kier alpha value is -1.78. The molecule has 1 amide bonds. The fourth-order valence-electron chi connectivity index (χ4n) is 1.77. The monoisotopic (exact) mass is 312 g/mol. The van der Waals surface area contributed by atoms with Crippen molar-refractivity contribution >= 4 is 34.8 Å². The van der Waals surface area contributed by atoms with Crippen LogP contribution in [-0.2, 0) is 4.79 Å². The molecule has 6 heteroatoms. The molecule has 2 aromatic rings. The van der Waals surface area contributed by atoms with E-state index in [0.29, 0.717) is 10.6 Å². The van der Waals surface area contributed by atoms with E-state index in [2.05, 4.69) is 5.32 Å². The molecule has 1 atom stereocenters. The van der Waals surface area contributed by atoms with Crippen molar-refractivity contribution in [3.8, 4) is 0 Å². The highest BCUT2D eigenvalue weighted by Gasteiger charge is 2.21. The summed E-state index contributed by atoms with van der Waals surface area (Å²) in [7, 11) is 0. The van der Waals surface area contributed by atoms with Gasteiger partial charge in [-0.15, -0.1) is 0 Å². The second-order valence-corrected chi connectivity index (χ2v) is 4.97. The molecule has 3 N–H and O–H groups in total. The average Bonchev–Trinajstić information content (AvgIpc) is 2.38. The third kappa shape index (κ3) is 3.21. The van der Waals surface area contributed by atoms with Gasteiger partial charge in [0.1, 0.15) is 11.9 Å². The van der Waals surface area contributed by atoms with Gasteiger partial charge in [0.15, 0.2) is 0 Å². The molecule has 0 heterocycles. The van der Waals surface area contributed by atoms with E-state index in [9.17, 15) is 9.18 Å². The van der Waals surface area contributed by atoms with E-state index in [1.807, 2.05) is 0 Å². The Morgan fingerprint density at radius 3 is 2.50 bits per heavy atom. The number of para-hydroxylation sites is 1. The number of amides is 1. The van der Waals surface area contributed by atoms with E-state index in [1.54, 1.807) is 24.3 Å². The van der Waals surface area contributed by atoms with Gasteiger partial charge in [0.05, 0.1) is 5.69 Å². The van der Waals surface area contributed by atoms with Gasteiger partial charge in [0, 0.05) is 15.6 Å². The van der Waals surface area contributed by atoms with Crippen molar-refractivity contribution < 1.29 is 9.18 Å². The number of carbonyl (C=O) groups excluding carboxylic acids is 1. The van der Waals surface area contributed by atoms with Crippen molar-refractivity contribution in [1.82, 2.24) is 0 Å². The smallest absolute Gasteiger partial charge is 0.244 e. The quantitative estimate of drug-likeness (QED) is 0.903. The lowest BCUT2D eigenvalue weighted by atomic mass is 10.1. The van der Waals surface area contributed by atoms with Crippen molar-refractivity contribution in [3.05, 3.63) is 63.9 Å². The molecule has 0 bridgehead atoms. The van der Waals surface area contributed by atoms with Crippen LogP contribution in [0.1, 0.15) is 11.6 Å². The summed E-state index contributed by atoms with van der Waals surface area (Å²) in [6.45, 7) is 0. The normalized spacial score (nSPS) is 11.9. The van der Waals surface area contributed by atoms with Gasteiger partial charge in [-0.05, 0) is 24.3 Å². The van der Waals surface area contributed by atoms with Crippen molar-refractivity contribution in [2.75, 3.05) is 5.32 Å². The predicted molar refractivity (Wildman–Crippen MR) is 78.4 cm³/mol. The SMILES string of the molecule is NC(=O)C(Nc1ccccc1F)c1ccc(Cl)cc1Cl. The van der Waals surface area contributed by atoms with Crippen molar-refractivity contribution in [3.63, 3.8) is 0 Å². The number of nitrogens with two attached hydrogens (primary N) is 1. The lowest BCUT2D eigenvalue weighted by molar-refractivity contribution is -0.118. The lowest BCUT2D eigenvalue weighted by Crippen LogP contribution is -2.28. The maximum absolute atomic E-state index is 13.6. The molecule has 20 heavy (non-hydrogen) atoms. The van der Waals surface area contributed by atoms with Crippen LogP contribution in [0.25, 0.3) is 0 Å². The molecule has 0 aliphatic heterocycles. The van der Waals surface area contributed by atoms with Gasteiger partial charge in [0.2, 0.25) is 5.91 Å². The largest absolute Gasteiger partial charge is 0.368 e. The molecule has 0 radical (unpaired) electrons. The summed E-state index contributed by atoms with van der Waals surface area (Å²) in [5, 5.41) is 3.47. The number of halogens is 3. The molecule has 0 saturated heterocycles. The standard InChI is InChI=1S/C14H11Cl2FN2O/c15-8-5-6-9(10(16)7-8)13(14(18)20)19-12-4-2-1-3-11(12)17/h1-7,13,19H,(H2,18,20). The van der Waals surface area contributed by atoms with E-state index < -0.39 is 17.8 Å². The molecule has 2 rings (SSSR count). The Bertz CT molecular complexity index is 649. The van der Waals surface area contributed by atoms with E-state index in [0.717, 1.165) is 0 Å². The lowest BCUT2D eigenvalue weighted by Gasteiger charge is -2.18. The molecule has 0 aliphatic carbocycles. The van der Waals surface area contributed by atoms with Crippen LogP contribution in [0.2, 0.25) is 10.0 Å². The summed E-state index contributed by atoms with van der Waals surface area (Å²) in [4.78, 5) is 11.6. The molecule has 2 aromatic carbocycles. The predicted octanol–water partition coefficient (Wildman–Crippen LogP) is 3.77. The fraction of sp³-hybridized carbons (Fsp3) is 0.0714. The summed E-state index contributed by atoms with van der Waals surface area (Å²) in [6.07, 6.45) is 0. The van der Waals surface area contributed by atoms with Gasteiger partial charge in [0.25, 0.3) is 0 Å². The number of nitrogens with one attached hydrogen (secondary N) is 1. The highest BCUT2D eigenvalue weighted by molar-refractivity contribution is 6.35. The molecule has 0 saturated carbocycles. The molecule has 0 aromatic heterocycles. The van der Waals surface area contributed by atoms with E-state index in [1.165, 1.54) is 18.2 Å². The first-order valence-corrected chi connectivity index (χ1v) is 6.50. The summed E-state index contributed by atoms with van der Waals surface area (Å²) in [5.41, 5.74) is 5.96. The second-order valence-electron chi connectivity index (χ2n) is 4.13. The number of benzene rings is 2. The zero-order valence-electron chi connectivity index (χ0n) is 10.2. The number of carbonyl (C=O) groups is 1. The first-order chi connectivity index (χ1) is 9.49. The van der Waals surface area contributed by atoms with Crippen molar-refractivity contribution in [2.45, 2.75) is 6.04 Å². The fourth-order valence-corrected chi connectivity index (χ4v) is 2.29. The minimum Gasteiger partial charge on any atom is -0.368 e. The van der Waals surface area contributed by atoms with Gasteiger partial charge >= 0.3 is 0 Å². The summed E-state index contributed by atoms with van der Waals surface area (Å²) in [5.74, 6) is -1.15. The van der Waals surface area contributed by atoms with Crippen molar-refractivity contribution in [2.24, 2.45) is 5.73 Å². The van der Waals surface area contributed by atoms with Gasteiger partial charge in [-0.2, -0.15) is 0 Å². The maximum Gasteiger partial charge on any atom is 0.244 e. The van der Waals surface area contributed by atoms with Crippen LogP contribution in [0, 0.1) is 5.82 Å². The molecular formula is C14H11Cl2FN2O. The first kappa shape index (κ1) is 14.6. The Kier molecular flexibility index (Phi) is 4.47. The van der Waals surface area contributed by atoms with E-state index >= 15 is 0 Å². The highest BCUT2D eigenvalue weighted by atomic mass is 35.5. The van der Waals surface area contributed by atoms with Crippen LogP contribution in [0.4, 0.5) is 10.1 Å². The zero-order valence-corrected chi connectivity index (χ0v) is 11.8. The summed E-state index contributed by atoms with van der Waals surface area (Å²) >= 11 is 11.9. The van der Waals surface area contributed by atoms with E-state index in [4.69, 9.17) is 28.9 Å². The number of hydrogen-bond donors (Lipinski definition) is 2. The molecule has 104 valence electrons. The Balaban J connectivity index is 2.37. The molecule has 0 aliphatic rings. The topological polar surface area (TPSA) is 55.1 Å². The molecule has 3 nitrogen and oxygen atoms in total. The molecule has 0 spiro atoms. The number of hydrogen-bond acceptors (Lipinski definition) is 2. The van der Waals surface area contributed by atoms with Crippen LogP contribution in [0.3, 0.4) is 0 Å². The highest BCUT2D eigenvalue weighted by Crippen LogP contribution is 2.29. The number of anilines is 1. The Morgan fingerprint density at radius 2 is 1.90 bits per heavy atom. The van der Waals surface area contributed by atoms with Gasteiger partial charge in [-0.1, -0.05) is 41.4 Å². The summed E-state index contributed by atoms with van der Waals surface area (Å²) < 4.78 is 13.6. The maximum atomic E-state index is 13.6. The van der Waals surface area contributed by atoms with Crippen LogP contribution in [0.5, 0.6) is 0 Å². The van der Waals surface area contributed by atoms with Crippen LogP contribution < -0.4 is 11.1 Å². The zero-order chi connectivity index (χ0) is 14.7. The third-order valence-electron chi connectivity index (χ3n) is 2.73. The minimum absolute atomic E-state index is 0.169. The average molecular weight is 313 g/mol. The number of primary amides is 1. The molecule has 1 unspecified atom stereocenters. The third-order valence-corrected chi connectivity index (χ3v) is 3.29. The minimum atomic E-state index is -0.948. The summed E-state index contributed by atoms with van der Waals surface area (Å²) in [6, 6.07) is 9.70. The Labute approximate surface area is 125 Å². The molecular weight excluding hydrogens is 302 g/mol. The second kappa shape index (κ2) is 6.11. The Morgan fingerprint density at radius 1 is 1.20 bits per heavy atom. The van der Waals surface area contributed by atoms with Crippen LogP contribution in [0.15, 0.2) is 42.5 Å². The van der Waals surface area contributed by atoms with Gasteiger partial charge in [-0.3, -0.25) is 4.79 Å². The van der Waals surface area contributed by atoms with Gasteiger partial charge in [-0.25, -0.2) is 4.39 Å². The van der Waals surface area contributed by atoms with E-state index in [-0.39, 0.29) is 10.7 Å². The van der Waals surface area contributed by atoms with Crippen LogP contribution in [-0.4, -0.2) is 5.91 Å². The van der Waals surface area contributed by atoms with Crippen molar-refractivity contribution in [1.29, 1.82) is 0 Å². The van der Waals surface area contributed by atoms with Crippen LogP contribution >= 0.6 is 23.2 Å². The first-order valence-electron chi connectivity index (χ1n) is 5.74. The molecule has 0 fully saturated rings. The number of rotatable bonds is 4. The van der Waals surface area contributed by atoms with Gasteiger partial charge < -0.3 is 11.1 Å².